The van der Waals surface area contributed by atoms with Crippen LogP contribution in [0.15, 0.2) is 60.7 Å². The summed E-state index contributed by atoms with van der Waals surface area (Å²) >= 11 is 1.42. The van der Waals surface area contributed by atoms with Gasteiger partial charge >= 0.3 is 5.97 Å². The maximum Gasteiger partial charge on any atom is 0.330 e. The summed E-state index contributed by atoms with van der Waals surface area (Å²) in [6.07, 6.45) is 0. The normalized spacial score (nSPS) is 22.7. The predicted molar refractivity (Wildman–Crippen MR) is 122 cm³/mol. The molecule has 2 aromatic carbocycles. The topological polar surface area (TPSA) is 102 Å². The summed E-state index contributed by atoms with van der Waals surface area (Å²) < 4.78 is 10.1. The van der Waals surface area contributed by atoms with Crippen LogP contribution in [0, 0.1) is 0 Å². The van der Waals surface area contributed by atoms with Gasteiger partial charge in [0.05, 0.1) is 0 Å². The van der Waals surface area contributed by atoms with Gasteiger partial charge in [0.25, 0.3) is 5.91 Å². The lowest BCUT2D eigenvalue weighted by atomic mass is 9.96. The van der Waals surface area contributed by atoms with Gasteiger partial charge in [-0.05, 0) is 26.0 Å². The Balaban J connectivity index is 1.33. The Morgan fingerprint density at radius 2 is 1.64 bits per heavy atom. The number of nitrogens with zero attached hydrogens (tertiary/aromatic N) is 1. The molecule has 9 heteroatoms. The highest BCUT2D eigenvalue weighted by molar-refractivity contribution is 8.01. The van der Waals surface area contributed by atoms with Gasteiger partial charge in [-0.25, -0.2) is 4.79 Å². The second-order valence-corrected chi connectivity index (χ2v) is 10.1. The molecule has 0 unspecified atom stereocenters. The van der Waals surface area contributed by atoms with E-state index in [1.807, 2.05) is 19.9 Å². The van der Waals surface area contributed by atoms with Gasteiger partial charge in [-0.3, -0.25) is 14.4 Å². The Morgan fingerprint density at radius 1 is 1.00 bits per heavy atom. The van der Waals surface area contributed by atoms with Crippen molar-refractivity contribution in [3.05, 3.63) is 66.2 Å². The number of amides is 2. The molecule has 2 saturated heterocycles. The van der Waals surface area contributed by atoms with Gasteiger partial charge in [0.15, 0.2) is 19.0 Å². The lowest BCUT2D eigenvalue weighted by Gasteiger charge is -2.43. The van der Waals surface area contributed by atoms with Crippen LogP contribution in [0.25, 0.3) is 0 Å². The van der Waals surface area contributed by atoms with Crippen molar-refractivity contribution >= 4 is 35.3 Å². The van der Waals surface area contributed by atoms with Gasteiger partial charge in [0.2, 0.25) is 5.91 Å². The summed E-state index contributed by atoms with van der Waals surface area (Å²) in [6.45, 7) is 3.06. The van der Waals surface area contributed by atoms with E-state index in [2.05, 4.69) is 5.32 Å². The van der Waals surface area contributed by atoms with Gasteiger partial charge in [-0.2, -0.15) is 0 Å². The molecule has 0 spiro atoms. The van der Waals surface area contributed by atoms with E-state index < -0.39 is 40.7 Å². The fourth-order valence-corrected chi connectivity index (χ4v) is 5.55. The third kappa shape index (κ3) is 4.73. The molecule has 8 nitrogen and oxygen atoms in total. The van der Waals surface area contributed by atoms with Crippen molar-refractivity contribution in [3.63, 3.8) is 0 Å². The Kier molecular flexibility index (Phi) is 6.42. The molecular formula is C24H24N2O6S. The van der Waals surface area contributed by atoms with Crippen molar-refractivity contribution < 1.29 is 28.7 Å². The molecule has 2 aromatic rings. The van der Waals surface area contributed by atoms with Crippen molar-refractivity contribution in [3.8, 4) is 5.75 Å². The van der Waals surface area contributed by atoms with E-state index in [1.54, 1.807) is 54.6 Å². The van der Waals surface area contributed by atoms with E-state index >= 15 is 0 Å². The molecule has 1 N–H and O–H groups in total. The van der Waals surface area contributed by atoms with E-state index in [0.29, 0.717) is 11.3 Å². The first-order valence-corrected chi connectivity index (χ1v) is 11.4. The number of hydrogen-bond donors (Lipinski definition) is 1. The summed E-state index contributed by atoms with van der Waals surface area (Å²) in [5.41, 5.74) is 0.448. The summed E-state index contributed by atoms with van der Waals surface area (Å²) in [7, 11) is 0. The molecule has 2 fully saturated rings. The maximum atomic E-state index is 12.8. The minimum atomic E-state index is -0.850. The van der Waals surface area contributed by atoms with Gasteiger partial charge in [-0.1, -0.05) is 48.5 Å². The van der Waals surface area contributed by atoms with Crippen LogP contribution in [-0.4, -0.2) is 63.9 Å². The fraction of sp³-hybridized carbons (Fsp3) is 0.333. The van der Waals surface area contributed by atoms with Crippen LogP contribution < -0.4 is 10.1 Å². The first-order chi connectivity index (χ1) is 15.8. The monoisotopic (exact) mass is 468 g/mol. The minimum absolute atomic E-state index is 0.221. The summed E-state index contributed by atoms with van der Waals surface area (Å²) in [6, 6.07) is 15.9. The molecule has 33 heavy (non-hydrogen) atoms. The number of esters is 1. The molecular weight excluding hydrogens is 444 g/mol. The van der Waals surface area contributed by atoms with E-state index in [1.165, 1.54) is 16.7 Å². The molecule has 4 rings (SSSR count). The number of fused-ring (bicyclic) bond motifs is 1. The lowest BCUT2D eigenvalue weighted by molar-refractivity contribution is -0.163. The van der Waals surface area contributed by atoms with Crippen LogP contribution in [0.2, 0.25) is 0 Å². The number of nitrogens with one attached hydrogen (secondary N) is 1. The number of carbonyl (C=O) groups excluding carboxylic acids is 4. The average Bonchev–Trinajstić information content (AvgIpc) is 3.08. The number of thioether (sulfide) groups is 1. The van der Waals surface area contributed by atoms with Crippen molar-refractivity contribution in [2.45, 2.75) is 36.1 Å². The molecule has 0 aromatic heterocycles. The standard InChI is InChI=1S/C24H24N2O6S/c1-24(2)20(23(30)32-13-17(27)15-9-5-3-6-10-15)26-21(29)19(22(26)33-24)25-18(28)14-31-16-11-7-4-8-12-16/h3-12,19-20,22H,13-14H2,1-2H3,(H,25,28)/t19-,20+,22-/m1/s1. The van der Waals surface area contributed by atoms with E-state index in [4.69, 9.17) is 9.47 Å². The highest BCUT2D eigenvalue weighted by atomic mass is 32.2. The minimum Gasteiger partial charge on any atom is -0.484 e. The van der Waals surface area contributed by atoms with Crippen LogP contribution in [0.4, 0.5) is 0 Å². The summed E-state index contributed by atoms with van der Waals surface area (Å²) in [4.78, 5) is 51.6. The van der Waals surface area contributed by atoms with Crippen LogP contribution in [0.3, 0.4) is 0 Å². The Morgan fingerprint density at radius 3 is 2.30 bits per heavy atom. The molecule has 2 heterocycles. The van der Waals surface area contributed by atoms with Crippen molar-refractivity contribution in [2.75, 3.05) is 13.2 Å². The molecule has 0 aliphatic carbocycles. The zero-order valence-electron chi connectivity index (χ0n) is 18.2. The highest BCUT2D eigenvalue weighted by Gasteiger charge is 2.64. The number of rotatable bonds is 8. The number of para-hydroxylation sites is 1. The van der Waals surface area contributed by atoms with Crippen LogP contribution in [-0.2, 0) is 19.1 Å². The van der Waals surface area contributed by atoms with Gasteiger partial charge < -0.3 is 19.7 Å². The van der Waals surface area contributed by atoms with Crippen molar-refractivity contribution in [1.82, 2.24) is 10.2 Å². The largest absolute Gasteiger partial charge is 0.484 e. The van der Waals surface area contributed by atoms with E-state index in [9.17, 15) is 19.2 Å². The van der Waals surface area contributed by atoms with Crippen molar-refractivity contribution in [1.29, 1.82) is 0 Å². The zero-order chi connectivity index (χ0) is 23.6. The fourth-order valence-electron chi connectivity index (χ4n) is 3.93. The Hall–Kier alpha value is -3.33. The predicted octanol–water partition coefficient (Wildman–Crippen LogP) is 2.04. The molecule has 2 aliphatic rings. The summed E-state index contributed by atoms with van der Waals surface area (Å²) in [5, 5.41) is 2.30. The second kappa shape index (κ2) is 9.27. The van der Waals surface area contributed by atoms with Crippen LogP contribution >= 0.6 is 11.8 Å². The van der Waals surface area contributed by atoms with Gasteiger partial charge in [-0.15, -0.1) is 11.8 Å². The third-order valence-electron chi connectivity index (χ3n) is 5.54. The number of ether oxygens (including phenoxy) is 2. The molecule has 2 aliphatic heterocycles. The molecule has 0 bridgehead atoms. The molecule has 172 valence electrons. The number of Topliss-reactive ketones (excluding diaryl/α,β-unsaturated/α-hetero) is 1. The Labute approximate surface area is 195 Å². The van der Waals surface area contributed by atoms with Crippen molar-refractivity contribution in [2.24, 2.45) is 0 Å². The number of hydrogen-bond acceptors (Lipinski definition) is 7. The first-order valence-electron chi connectivity index (χ1n) is 10.5. The number of carbonyl (C=O) groups is 4. The molecule has 2 amide bonds. The zero-order valence-corrected chi connectivity index (χ0v) is 19.0. The third-order valence-corrected chi connectivity index (χ3v) is 7.11. The molecule has 0 saturated carbocycles. The molecule has 0 radical (unpaired) electrons. The van der Waals surface area contributed by atoms with Crippen LogP contribution in [0.1, 0.15) is 24.2 Å². The smallest absolute Gasteiger partial charge is 0.330 e. The van der Waals surface area contributed by atoms with Gasteiger partial charge in [0.1, 0.15) is 23.2 Å². The maximum absolute atomic E-state index is 12.8. The average molecular weight is 469 g/mol. The number of ketones is 1. The van der Waals surface area contributed by atoms with E-state index in [0.717, 1.165) is 0 Å². The first kappa shape index (κ1) is 22.8. The number of benzene rings is 2. The SMILES string of the molecule is CC1(C)S[C@@H]2[C@H](NC(=O)COc3ccccc3)C(=O)N2[C@H]1C(=O)OCC(=O)c1ccccc1. The lowest BCUT2D eigenvalue weighted by Crippen LogP contribution is -2.71. The van der Waals surface area contributed by atoms with Crippen LogP contribution in [0.5, 0.6) is 5.75 Å². The van der Waals surface area contributed by atoms with E-state index in [-0.39, 0.29) is 18.3 Å². The Bertz CT molecular complexity index is 1060. The second-order valence-electron chi connectivity index (χ2n) is 8.30. The highest BCUT2D eigenvalue weighted by Crippen LogP contribution is 2.51. The quantitative estimate of drug-likeness (QED) is 0.359. The summed E-state index contributed by atoms with van der Waals surface area (Å²) in [5.74, 6) is -1.18. The number of β-lactam (4-membered cyclic amide) rings is 1. The molecule has 3 atom stereocenters. The van der Waals surface area contributed by atoms with Gasteiger partial charge in [0, 0.05) is 10.3 Å².